The number of hydrogen-bond donors (Lipinski definition) is 0. The number of hydrogen-bond acceptors (Lipinski definition) is 2. The molecule has 0 aliphatic heterocycles. The Morgan fingerprint density at radius 3 is 3.09 bits per heavy atom. The predicted octanol–water partition coefficient (Wildman–Crippen LogP) is 1.76. The topological polar surface area (TPSA) is 43.1 Å². The van der Waals surface area contributed by atoms with Crippen molar-refractivity contribution >= 4 is 0 Å². The Morgan fingerprint density at radius 2 is 2.45 bits per heavy atom. The van der Waals surface area contributed by atoms with Crippen molar-refractivity contribution in [3.05, 3.63) is 21.8 Å². The second-order valence-corrected chi connectivity index (χ2v) is 3.43. The van der Waals surface area contributed by atoms with Gasteiger partial charge in [-0.25, -0.2) is 0 Å². The van der Waals surface area contributed by atoms with Crippen LogP contribution in [0.5, 0.6) is 0 Å². The van der Waals surface area contributed by atoms with Crippen molar-refractivity contribution in [3.8, 4) is 0 Å². The minimum Gasteiger partial charge on any atom is -0.264 e. The summed E-state index contributed by atoms with van der Waals surface area (Å²) in [5.41, 5.74) is 1.35. The molecular formula is C8H11NO2. The lowest BCUT2D eigenvalue weighted by molar-refractivity contribution is -0.520. The van der Waals surface area contributed by atoms with Gasteiger partial charge in [-0.2, -0.15) is 0 Å². The molecular weight excluding hydrogens is 142 g/mol. The van der Waals surface area contributed by atoms with Gasteiger partial charge >= 0.3 is 0 Å². The predicted molar refractivity (Wildman–Crippen MR) is 40.8 cm³/mol. The van der Waals surface area contributed by atoms with Crippen LogP contribution in [-0.2, 0) is 0 Å². The largest absolute Gasteiger partial charge is 0.264 e. The summed E-state index contributed by atoms with van der Waals surface area (Å²) in [6.45, 7) is 0. The highest BCUT2D eigenvalue weighted by molar-refractivity contribution is 5.18. The molecule has 1 fully saturated rings. The maximum atomic E-state index is 10.4. The van der Waals surface area contributed by atoms with E-state index in [4.69, 9.17) is 0 Å². The summed E-state index contributed by atoms with van der Waals surface area (Å²) in [6, 6.07) is -0.272. The van der Waals surface area contributed by atoms with Crippen LogP contribution in [0.25, 0.3) is 0 Å². The van der Waals surface area contributed by atoms with Crippen molar-refractivity contribution in [2.45, 2.75) is 31.7 Å². The van der Waals surface area contributed by atoms with Crippen LogP contribution in [0.3, 0.4) is 0 Å². The lowest BCUT2D eigenvalue weighted by atomic mass is 10.1. The van der Waals surface area contributed by atoms with Crippen molar-refractivity contribution in [2.75, 3.05) is 0 Å². The molecule has 0 aromatic heterocycles. The summed E-state index contributed by atoms with van der Waals surface area (Å²) in [5, 5.41) is 10.4. The van der Waals surface area contributed by atoms with E-state index in [1.807, 2.05) is 0 Å². The number of nitro groups is 1. The number of fused-ring (bicyclic) bond motifs is 1. The van der Waals surface area contributed by atoms with E-state index in [0.717, 1.165) is 25.7 Å². The number of allylic oxidation sites excluding steroid dienone is 1. The van der Waals surface area contributed by atoms with Crippen molar-refractivity contribution in [2.24, 2.45) is 5.92 Å². The summed E-state index contributed by atoms with van der Waals surface area (Å²) in [4.78, 5) is 10.3. The molecule has 0 saturated heterocycles. The number of rotatable bonds is 1. The summed E-state index contributed by atoms with van der Waals surface area (Å²) < 4.78 is 0. The Hall–Kier alpha value is -0.860. The van der Waals surface area contributed by atoms with Crippen molar-refractivity contribution in [1.29, 1.82) is 0 Å². The van der Waals surface area contributed by atoms with E-state index in [1.54, 1.807) is 0 Å². The van der Waals surface area contributed by atoms with Gasteiger partial charge < -0.3 is 0 Å². The first-order valence-electron chi connectivity index (χ1n) is 4.10. The highest BCUT2D eigenvalue weighted by atomic mass is 16.6. The van der Waals surface area contributed by atoms with Crippen molar-refractivity contribution < 1.29 is 4.92 Å². The Kier molecular flexibility index (Phi) is 1.44. The first kappa shape index (κ1) is 6.83. The average molecular weight is 153 g/mol. The molecule has 0 N–H and O–H groups in total. The molecule has 3 nitrogen and oxygen atoms in total. The van der Waals surface area contributed by atoms with Crippen LogP contribution in [0.1, 0.15) is 25.7 Å². The fourth-order valence-corrected chi connectivity index (χ4v) is 2.19. The fourth-order valence-electron chi connectivity index (χ4n) is 2.19. The summed E-state index contributed by atoms with van der Waals surface area (Å²) in [6.07, 6.45) is 5.99. The lowest BCUT2D eigenvalue weighted by Crippen LogP contribution is -2.15. The van der Waals surface area contributed by atoms with Gasteiger partial charge in [-0.15, -0.1) is 0 Å². The van der Waals surface area contributed by atoms with Crippen LogP contribution in [0.4, 0.5) is 0 Å². The summed E-state index contributed by atoms with van der Waals surface area (Å²) in [5.74, 6) is 0.561. The molecule has 0 aromatic rings. The maximum Gasteiger partial charge on any atom is 0.217 e. The second kappa shape index (κ2) is 2.32. The summed E-state index contributed by atoms with van der Waals surface area (Å²) in [7, 11) is 0. The van der Waals surface area contributed by atoms with Gasteiger partial charge in [-0.3, -0.25) is 10.1 Å². The van der Waals surface area contributed by atoms with Crippen molar-refractivity contribution in [1.82, 2.24) is 0 Å². The van der Waals surface area contributed by atoms with E-state index in [0.29, 0.717) is 5.92 Å². The second-order valence-electron chi connectivity index (χ2n) is 3.43. The standard InChI is InChI=1S/C8H11NO2/c10-9(11)8-4-6-2-1-3-7(6)5-8/h2,7-8H,1,3-5H2. The van der Waals surface area contributed by atoms with E-state index >= 15 is 0 Å². The first-order chi connectivity index (χ1) is 5.27. The molecule has 1 saturated carbocycles. The van der Waals surface area contributed by atoms with E-state index in [1.165, 1.54) is 5.57 Å². The molecule has 3 heteroatoms. The van der Waals surface area contributed by atoms with E-state index in [2.05, 4.69) is 6.08 Å². The highest BCUT2D eigenvalue weighted by Crippen LogP contribution is 2.40. The van der Waals surface area contributed by atoms with Gasteiger partial charge in [0.15, 0.2) is 0 Å². The smallest absolute Gasteiger partial charge is 0.217 e. The van der Waals surface area contributed by atoms with E-state index < -0.39 is 0 Å². The lowest BCUT2D eigenvalue weighted by Gasteiger charge is -2.00. The van der Waals surface area contributed by atoms with E-state index in [-0.39, 0.29) is 11.0 Å². The monoisotopic (exact) mass is 153 g/mol. The van der Waals surface area contributed by atoms with Crippen LogP contribution in [0.2, 0.25) is 0 Å². The van der Waals surface area contributed by atoms with Crippen LogP contribution in [0, 0.1) is 16.0 Å². The van der Waals surface area contributed by atoms with Crippen LogP contribution < -0.4 is 0 Å². The van der Waals surface area contributed by atoms with Crippen molar-refractivity contribution in [3.63, 3.8) is 0 Å². The van der Waals surface area contributed by atoms with Gasteiger partial charge in [-0.1, -0.05) is 11.6 Å². The minimum absolute atomic E-state index is 0.126. The Balaban J connectivity index is 2.09. The molecule has 2 aliphatic carbocycles. The molecule has 0 radical (unpaired) electrons. The Morgan fingerprint density at radius 1 is 1.64 bits per heavy atom. The highest BCUT2D eigenvalue weighted by Gasteiger charge is 2.37. The fraction of sp³-hybridized carbons (Fsp3) is 0.750. The SMILES string of the molecule is O=[N+]([O-])C1CC2=CCCC2C1. The third-order valence-electron chi connectivity index (χ3n) is 2.77. The average Bonchev–Trinajstić information content (AvgIpc) is 2.40. The maximum absolute atomic E-state index is 10.4. The number of nitrogens with zero attached hydrogens (tertiary/aromatic N) is 1. The van der Waals surface area contributed by atoms with Gasteiger partial charge in [0.2, 0.25) is 6.04 Å². The molecule has 2 rings (SSSR count). The van der Waals surface area contributed by atoms with E-state index in [9.17, 15) is 10.1 Å². The quantitative estimate of drug-likeness (QED) is 0.327. The molecule has 2 unspecified atom stereocenters. The van der Waals surface area contributed by atoms with Crippen LogP contribution in [0.15, 0.2) is 11.6 Å². The molecule has 11 heavy (non-hydrogen) atoms. The third-order valence-corrected chi connectivity index (χ3v) is 2.77. The van der Waals surface area contributed by atoms with Gasteiger partial charge in [-0.05, 0) is 18.8 Å². The van der Waals surface area contributed by atoms with Crippen LogP contribution >= 0.6 is 0 Å². The zero-order valence-corrected chi connectivity index (χ0v) is 6.32. The normalized spacial score (nSPS) is 35.1. The zero-order valence-electron chi connectivity index (χ0n) is 6.32. The molecule has 2 atom stereocenters. The summed E-state index contributed by atoms with van der Waals surface area (Å²) >= 11 is 0. The first-order valence-corrected chi connectivity index (χ1v) is 4.10. The molecule has 0 spiro atoms. The Labute approximate surface area is 65.2 Å². The molecule has 0 bridgehead atoms. The third kappa shape index (κ3) is 1.04. The molecule has 0 heterocycles. The van der Waals surface area contributed by atoms with Gasteiger partial charge in [0, 0.05) is 17.8 Å². The van der Waals surface area contributed by atoms with Crippen LogP contribution in [-0.4, -0.2) is 11.0 Å². The zero-order chi connectivity index (χ0) is 7.84. The minimum atomic E-state index is -0.272. The molecule has 60 valence electrons. The molecule has 0 aromatic carbocycles. The Bertz CT molecular complexity index is 222. The van der Waals surface area contributed by atoms with Gasteiger partial charge in [0.25, 0.3) is 0 Å². The molecule has 0 amide bonds. The molecule has 2 aliphatic rings. The van der Waals surface area contributed by atoms with Gasteiger partial charge in [0.1, 0.15) is 0 Å². The van der Waals surface area contributed by atoms with Gasteiger partial charge in [0.05, 0.1) is 0 Å².